The van der Waals surface area contributed by atoms with Crippen molar-refractivity contribution < 1.29 is 4.74 Å². The van der Waals surface area contributed by atoms with Gasteiger partial charge in [0.1, 0.15) is 6.61 Å². The van der Waals surface area contributed by atoms with Gasteiger partial charge in [0, 0.05) is 12.1 Å². The van der Waals surface area contributed by atoms with Crippen molar-refractivity contribution in [2.24, 2.45) is 5.73 Å². The van der Waals surface area contributed by atoms with Crippen LogP contribution >= 0.6 is 12.2 Å². The van der Waals surface area contributed by atoms with Crippen molar-refractivity contribution in [3.05, 3.63) is 35.9 Å². The molecule has 0 aliphatic carbocycles. The molecular weight excluding hydrogens is 170 g/mol. The third-order valence-electron chi connectivity index (χ3n) is 1.36. The van der Waals surface area contributed by atoms with Crippen molar-refractivity contribution in [2.75, 3.05) is 13.2 Å². The van der Waals surface area contributed by atoms with Crippen LogP contribution in [0.15, 0.2) is 30.3 Å². The maximum atomic E-state index is 5.27. The van der Waals surface area contributed by atoms with Crippen molar-refractivity contribution in [3.63, 3.8) is 0 Å². The first kappa shape index (κ1) is 9.16. The molecule has 2 nitrogen and oxygen atoms in total. The first-order valence-corrected chi connectivity index (χ1v) is 4.17. The van der Waals surface area contributed by atoms with Gasteiger partial charge in [-0.2, -0.15) is 0 Å². The van der Waals surface area contributed by atoms with Crippen LogP contribution in [0.5, 0.6) is 0 Å². The summed E-state index contributed by atoms with van der Waals surface area (Å²) in [5.74, 6) is 0. The number of rotatable bonds is 3. The van der Waals surface area contributed by atoms with E-state index in [-0.39, 0.29) is 0 Å². The van der Waals surface area contributed by atoms with Gasteiger partial charge in [-0.25, -0.2) is 0 Å². The van der Waals surface area contributed by atoms with E-state index in [1.165, 1.54) is 0 Å². The van der Waals surface area contributed by atoms with Crippen LogP contribution in [0.3, 0.4) is 0 Å². The van der Waals surface area contributed by atoms with E-state index in [0.717, 1.165) is 5.56 Å². The van der Waals surface area contributed by atoms with E-state index < -0.39 is 0 Å². The molecule has 2 N–H and O–H groups in total. The molecule has 0 aliphatic rings. The van der Waals surface area contributed by atoms with Gasteiger partial charge in [-0.15, -0.1) is 0 Å². The van der Waals surface area contributed by atoms with Crippen molar-refractivity contribution in [2.45, 2.75) is 0 Å². The molecule has 0 fully saturated rings. The summed E-state index contributed by atoms with van der Waals surface area (Å²) in [7, 11) is 0. The second kappa shape index (κ2) is 4.85. The molecule has 1 rings (SSSR count). The lowest BCUT2D eigenvalue weighted by molar-refractivity contribution is 0.325. The lowest BCUT2D eigenvalue weighted by Crippen LogP contribution is -2.12. The Balaban J connectivity index is 2.54. The Hall–Kier alpha value is -0.930. The third-order valence-corrected chi connectivity index (χ3v) is 1.71. The van der Waals surface area contributed by atoms with E-state index in [9.17, 15) is 0 Å². The monoisotopic (exact) mass is 181 g/mol. The largest absolute Gasteiger partial charge is 0.482 e. The number of thiocarbonyl (C=S) groups is 1. The molecular formula is C9H11NOS. The summed E-state index contributed by atoms with van der Waals surface area (Å²) in [6.45, 7) is 0.973. The summed E-state index contributed by atoms with van der Waals surface area (Å²) in [4.78, 5) is 0. The number of hydrogen-bond acceptors (Lipinski definition) is 3. The van der Waals surface area contributed by atoms with Gasteiger partial charge in [0.2, 0.25) is 0 Å². The topological polar surface area (TPSA) is 35.2 Å². The van der Waals surface area contributed by atoms with Crippen LogP contribution in [0.1, 0.15) is 5.56 Å². The number of hydrogen-bond donors (Lipinski definition) is 1. The highest BCUT2D eigenvalue weighted by atomic mass is 32.1. The molecule has 0 heterocycles. The quantitative estimate of drug-likeness (QED) is 0.715. The molecule has 3 heteroatoms. The predicted molar refractivity (Wildman–Crippen MR) is 53.1 cm³/mol. The maximum Gasteiger partial charge on any atom is 0.191 e. The molecule has 1 aromatic carbocycles. The molecule has 12 heavy (non-hydrogen) atoms. The van der Waals surface area contributed by atoms with Crippen LogP contribution < -0.4 is 5.73 Å². The van der Waals surface area contributed by atoms with Crippen molar-refractivity contribution in [1.29, 1.82) is 0 Å². The number of benzene rings is 1. The van der Waals surface area contributed by atoms with Gasteiger partial charge in [0.15, 0.2) is 5.05 Å². The minimum absolute atomic E-state index is 0.480. The van der Waals surface area contributed by atoms with Crippen LogP contribution in [0.2, 0.25) is 0 Å². The van der Waals surface area contributed by atoms with Gasteiger partial charge in [0.25, 0.3) is 0 Å². The van der Waals surface area contributed by atoms with Crippen molar-refractivity contribution in [3.8, 4) is 0 Å². The van der Waals surface area contributed by atoms with Crippen LogP contribution in [-0.4, -0.2) is 18.2 Å². The second-order valence-corrected chi connectivity index (χ2v) is 2.66. The zero-order chi connectivity index (χ0) is 8.81. The summed E-state index contributed by atoms with van der Waals surface area (Å²) in [6.07, 6.45) is 0. The molecule has 0 amide bonds. The molecule has 0 aromatic heterocycles. The Bertz CT molecular complexity index is 248. The standard InChI is InChI=1S/C9H11NOS/c10-6-7-11-9(12)8-4-2-1-3-5-8/h1-5H,6-7,10H2. The number of ether oxygens (including phenoxy) is 1. The zero-order valence-corrected chi connectivity index (χ0v) is 7.51. The molecule has 0 spiro atoms. The average molecular weight is 181 g/mol. The van der Waals surface area contributed by atoms with E-state index in [1.54, 1.807) is 0 Å². The minimum Gasteiger partial charge on any atom is -0.482 e. The lowest BCUT2D eigenvalue weighted by Gasteiger charge is -2.04. The van der Waals surface area contributed by atoms with Gasteiger partial charge in [-0.3, -0.25) is 0 Å². The highest BCUT2D eigenvalue weighted by Gasteiger charge is 1.98. The normalized spacial score (nSPS) is 9.42. The summed E-state index contributed by atoms with van der Waals surface area (Å²) in [6, 6.07) is 9.62. The molecule has 0 bridgehead atoms. The van der Waals surface area contributed by atoms with Crippen LogP contribution in [0, 0.1) is 0 Å². The smallest absolute Gasteiger partial charge is 0.191 e. The zero-order valence-electron chi connectivity index (χ0n) is 6.69. The van der Waals surface area contributed by atoms with Crippen LogP contribution in [-0.2, 0) is 4.74 Å². The van der Waals surface area contributed by atoms with Crippen LogP contribution in [0.4, 0.5) is 0 Å². The van der Waals surface area contributed by atoms with Gasteiger partial charge in [-0.1, -0.05) is 30.3 Å². The van der Waals surface area contributed by atoms with E-state index >= 15 is 0 Å². The Morgan fingerprint density at radius 3 is 2.58 bits per heavy atom. The Labute approximate surface area is 77.3 Å². The summed E-state index contributed by atoms with van der Waals surface area (Å²) in [5.41, 5.74) is 6.20. The highest BCUT2D eigenvalue weighted by Crippen LogP contribution is 2.01. The van der Waals surface area contributed by atoms with Crippen LogP contribution in [0.25, 0.3) is 0 Å². The highest BCUT2D eigenvalue weighted by molar-refractivity contribution is 7.80. The molecule has 0 saturated carbocycles. The lowest BCUT2D eigenvalue weighted by atomic mass is 10.2. The molecule has 0 unspecified atom stereocenters. The van der Waals surface area contributed by atoms with E-state index in [4.69, 9.17) is 22.7 Å². The summed E-state index contributed by atoms with van der Waals surface area (Å²) < 4.78 is 5.18. The fourth-order valence-corrected chi connectivity index (χ4v) is 1.03. The molecule has 0 radical (unpaired) electrons. The summed E-state index contributed by atoms with van der Waals surface area (Å²) in [5, 5.41) is 0.515. The van der Waals surface area contributed by atoms with Crippen molar-refractivity contribution >= 4 is 17.3 Å². The Morgan fingerprint density at radius 2 is 2.00 bits per heavy atom. The predicted octanol–water partition coefficient (Wildman–Crippen LogP) is 1.34. The summed E-state index contributed by atoms with van der Waals surface area (Å²) >= 11 is 5.01. The Morgan fingerprint density at radius 1 is 1.33 bits per heavy atom. The van der Waals surface area contributed by atoms with Gasteiger partial charge in [0.05, 0.1) is 0 Å². The van der Waals surface area contributed by atoms with E-state index in [0.29, 0.717) is 18.2 Å². The molecule has 64 valence electrons. The van der Waals surface area contributed by atoms with Gasteiger partial charge in [-0.05, 0) is 12.2 Å². The van der Waals surface area contributed by atoms with Gasteiger partial charge >= 0.3 is 0 Å². The van der Waals surface area contributed by atoms with Gasteiger partial charge < -0.3 is 10.5 Å². The first-order chi connectivity index (χ1) is 5.84. The fraction of sp³-hybridized carbons (Fsp3) is 0.222. The Kier molecular flexibility index (Phi) is 3.70. The third kappa shape index (κ3) is 2.60. The van der Waals surface area contributed by atoms with E-state index in [1.807, 2.05) is 30.3 Å². The fourth-order valence-electron chi connectivity index (χ4n) is 0.809. The average Bonchev–Trinajstić information content (AvgIpc) is 2.15. The molecule has 1 aromatic rings. The SMILES string of the molecule is NCCOC(=S)c1ccccc1. The minimum atomic E-state index is 0.480. The molecule has 0 saturated heterocycles. The number of nitrogens with two attached hydrogens (primary N) is 1. The maximum absolute atomic E-state index is 5.27. The van der Waals surface area contributed by atoms with Crippen molar-refractivity contribution in [1.82, 2.24) is 0 Å². The first-order valence-electron chi connectivity index (χ1n) is 3.77. The molecule has 0 aliphatic heterocycles. The second-order valence-electron chi connectivity index (χ2n) is 2.29. The molecule has 0 atom stereocenters. The van der Waals surface area contributed by atoms with E-state index in [2.05, 4.69) is 0 Å².